The molecule has 0 aromatic carbocycles. The van der Waals surface area contributed by atoms with Crippen LogP contribution in [0.25, 0.3) is 0 Å². The summed E-state index contributed by atoms with van der Waals surface area (Å²) in [6.07, 6.45) is 1.73. The van der Waals surface area contributed by atoms with Crippen molar-refractivity contribution < 1.29 is 9.53 Å². The molecule has 0 aliphatic heterocycles. The Bertz CT molecular complexity index is 225. The Kier molecular flexibility index (Phi) is 2.41. The van der Waals surface area contributed by atoms with Gasteiger partial charge in [0.25, 0.3) is 0 Å². The summed E-state index contributed by atoms with van der Waals surface area (Å²) in [5.41, 5.74) is 5.39. The van der Waals surface area contributed by atoms with Crippen molar-refractivity contribution in [3.63, 3.8) is 0 Å². The Morgan fingerprint density at radius 2 is 2.00 bits per heavy atom. The van der Waals surface area contributed by atoms with Crippen molar-refractivity contribution >= 4 is 5.97 Å². The molecule has 0 heterocycles. The quantitative estimate of drug-likeness (QED) is 0.627. The van der Waals surface area contributed by atoms with Crippen LogP contribution in [0, 0.1) is 10.8 Å². The maximum atomic E-state index is 11.6. The lowest BCUT2D eigenvalue weighted by Gasteiger charge is -2.37. The highest BCUT2D eigenvalue weighted by Gasteiger charge is 2.55. The molecule has 2 unspecified atom stereocenters. The maximum absolute atomic E-state index is 11.6. The second kappa shape index (κ2) is 2.98. The van der Waals surface area contributed by atoms with Gasteiger partial charge in [-0.25, -0.2) is 0 Å². The van der Waals surface area contributed by atoms with Gasteiger partial charge in [0.15, 0.2) is 0 Å². The number of hydrogen-bond acceptors (Lipinski definition) is 3. The van der Waals surface area contributed by atoms with Crippen LogP contribution in [0.5, 0.6) is 0 Å². The molecule has 0 saturated heterocycles. The van der Waals surface area contributed by atoms with Crippen LogP contribution in [-0.4, -0.2) is 19.1 Å². The third-order valence-corrected chi connectivity index (χ3v) is 3.94. The molecule has 1 aliphatic carbocycles. The van der Waals surface area contributed by atoms with Gasteiger partial charge in [0.2, 0.25) is 0 Å². The van der Waals surface area contributed by atoms with Gasteiger partial charge in [-0.15, -0.1) is 0 Å². The zero-order valence-corrected chi connectivity index (χ0v) is 8.89. The van der Waals surface area contributed by atoms with E-state index in [9.17, 15) is 4.79 Å². The van der Waals surface area contributed by atoms with Crippen molar-refractivity contribution in [1.29, 1.82) is 0 Å². The number of hydrogen-bond donors (Lipinski definition) is 1. The molecule has 0 spiro atoms. The average molecular weight is 185 g/mol. The second-order valence-corrected chi connectivity index (χ2v) is 4.69. The summed E-state index contributed by atoms with van der Waals surface area (Å²) in [4.78, 5) is 11.6. The highest BCUT2D eigenvalue weighted by atomic mass is 16.5. The van der Waals surface area contributed by atoms with Gasteiger partial charge in [-0.05, 0) is 25.2 Å². The van der Waals surface area contributed by atoms with Gasteiger partial charge in [0.05, 0.1) is 12.5 Å². The Morgan fingerprint density at radius 1 is 1.46 bits per heavy atom. The third-order valence-electron chi connectivity index (χ3n) is 3.94. The van der Waals surface area contributed by atoms with E-state index < -0.39 is 5.41 Å². The summed E-state index contributed by atoms with van der Waals surface area (Å²) in [6.45, 7) is 6.04. The van der Waals surface area contributed by atoms with Crippen LogP contribution in [0.1, 0.15) is 33.6 Å². The molecule has 1 fully saturated rings. The van der Waals surface area contributed by atoms with Gasteiger partial charge >= 0.3 is 5.97 Å². The van der Waals surface area contributed by atoms with Crippen LogP contribution >= 0.6 is 0 Å². The van der Waals surface area contributed by atoms with E-state index in [1.807, 2.05) is 20.8 Å². The molecule has 1 saturated carbocycles. The predicted molar refractivity (Wildman–Crippen MR) is 51.1 cm³/mol. The summed E-state index contributed by atoms with van der Waals surface area (Å²) in [5.74, 6) is -0.134. The fourth-order valence-corrected chi connectivity index (χ4v) is 2.13. The van der Waals surface area contributed by atoms with Gasteiger partial charge in [0.1, 0.15) is 0 Å². The molecule has 3 heteroatoms. The first-order valence-electron chi connectivity index (χ1n) is 4.70. The van der Waals surface area contributed by atoms with Gasteiger partial charge in [0, 0.05) is 6.04 Å². The van der Waals surface area contributed by atoms with E-state index >= 15 is 0 Å². The van der Waals surface area contributed by atoms with Gasteiger partial charge in [-0.2, -0.15) is 0 Å². The van der Waals surface area contributed by atoms with E-state index in [0.29, 0.717) is 0 Å². The van der Waals surface area contributed by atoms with E-state index in [4.69, 9.17) is 10.5 Å². The van der Waals surface area contributed by atoms with Crippen molar-refractivity contribution in [2.75, 3.05) is 7.11 Å². The molecule has 0 aromatic heterocycles. The number of rotatable bonds is 1. The zero-order valence-electron chi connectivity index (χ0n) is 8.89. The molecule has 0 aromatic rings. The third kappa shape index (κ3) is 1.26. The standard InChI is InChI=1S/C10H19NO2/c1-9(2)7(11)5-6-10(9,3)8(12)13-4/h7H,5-6,11H2,1-4H3. The molecule has 2 atom stereocenters. The van der Waals surface area contributed by atoms with Crippen molar-refractivity contribution in [3.05, 3.63) is 0 Å². The van der Waals surface area contributed by atoms with Crippen LogP contribution in [0.4, 0.5) is 0 Å². The van der Waals surface area contributed by atoms with Crippen LogP contribution in [0.2, 0.25) is 0 Å². The minimum Gasteiger partial charge on any atom is -0.469 e. The summed E-state index contributed by atoms with van der Waals surface area (Å²) in [7, 11) is 1.44. The molecule has 0 radical (unpaired) electrons. The number of nitrogens with two attached hydrogens (primary N) is 1. The van der Waals surface area contributed by atoms with Crippen molar-refractivity contribution in [1.82, 2.24) is 0 Å². The van der Waals surface area contributed by atoms with Gasteiger partial charge in [-0.1, -0.05) is 13.8 Å². The first-order valence-corrected chi connectivity index (χ1v) is 4.70. The van der Waals surface area contributed by atoms with Crippen LogP contribution in [0.15, 0.2) is 0 Å². The number of carbonyl (C=O) groups excluding carboxylic acids is 1. The van der Waals surface area contributed by atoms with Crippen LogP contribution < -0.4 is 5.73 Å². The van der Waals surface area contributed by atoms with E-state index in [1.54, 1.807) is 0 Å². The predicted octanol–water partition coefficient (Wildman–Crippen LogP) is 1.31. The highest BCUT2D eigenvalue weighted by Crippen LogP contribution is 2.52. The first kappa shape index (κ1) is 10.5. The fourth-order valence-electron chi connectivity index (χ4n) is 2.13. The van der Waals surface area contributed by atoms with Crippen LogP contribution in [-0.2, 0) is 9.53 Å². The largest absolute Gasteiger partial charge is 0.469 e. The Morgan fingerprint density at radius 3 is 2.31 bits per heavy atom. The molecule has 0 bridgehead atoms. The van der Waals surface area contributed by atoms with E-state index in [-0.39, 0.29) is 17.4 Å². The smallest absolute Gasteiger partial charge is 0.312 e. The van der Waals surface area contributed by atoms with Gasteiger partial charge < -0.3 is 10.5 Å². The SMILES string of the molecule is COC(=O)C1(C)CCC(N)C1(C)C. The second-order valence-electron chi connectivity index (χ2n) is 4.69. The topological polar surface area (TPSA) is 52.3 Å². The fraction of sp³-hybridized carbons (Fsp3) is 0.900. The Hall–Kier alpha value is -0.570. The monoisotopic (exact) mass is 185 g/mol. The lowest BCUT2D eigenvalue weighted by Crippen LogP contribution is -2.46. The molecule has 3 nitrogen and oxygen atoms in total. The van der Waals surface area contributed by atoms with Crippen molar-refractivity contribution in [2.24, 2.45) is 16.6 Å². The lowest BCUT2D eigenvalue weighted by atomic mass is 9.68. The lowest BCUT2D eigenvalue weighted by molar-refractivity contribution is -0.157. The summed E-state index contributed by atoms with van der Waals surface area (Å²) in [5, 5.41) is 0. The first-order chi connectivity index (χ1) is 5.86. The Labute approximate surface area is 79.6 Å². The van der Waals surface area contributed by atoms with E-state index in [2.05, 4.69) is 0 Å². The summed E-state index contributed by atoms with van der Waals surface area (Å²) in [6, 6.07) is 0.0941. The zero-order chi connectivity index (χ0) is 10.3. The normalized spacial score (nSPS) is 37.5. The number of methoxy groups -OCH3 is 1. The molecular weight excluding hydrogens is 166 g/mol. The minimum atomic E-state index is -0.416. The highest BCUT2D eigenvalue weighted by molar-refractivity contribution is 5.78. The summed E-state index contributed by atoms with van der Waals surface area (Å²) < 4.78 is 4.83. The molecule has 13 heavy (non-hydrogen) atoms. The molecular formula is C10H19NO2. The maximum Gasteiger partial charge on any atom is 0.312 e. The molecule has 76 valence electrons. The molecule has 1 aliphatic rings. The van der Waals surface area contributed by atoms with Crippen LogP contribution in [0.3, 0.4) is 0 Å². The number of carbonyl (C=O) groups is 1. The van der Waals surface area contributed by atoms with Crippen molar-refractivity contribution in [3.8, 4) is 0 Å². The van der Waals surface area contributed by atoms with E-state index in [1.165, 1.54) is 7.11 Å². The van der Waals surface area contributed by atoms with Crippen molar-refractivity contribution in [2.45, 2.75) is 39.7 Å². The van der Waals surface area contributed by atoms with E-state index in [0.717, 1.165) is 12.8 Å². The Balaban J connectivity index is 2.98. The number of ether oxygens (including phenoxy) is 1. The average Bonchev–Trinajstić information content (AvgIpc) is 2.29. The molecule has 0 amide bonds. The number of esters is 1. The molecule has 1 rings (SSSR count). The minimum absolute atomic E-state index is 0.0941. The van der Waals surface area contributed by atoms with Gasteiger partial charge in [-0.3, -0.25) is 4.79 Å². The summed E-state index contributed by atoms with van der Waals surface area (Å²) >= 11 is 0. The molecule has 2 N–H and O–H groups in total.